The molecule has 1 spiro atoms. The largest absolute Gasteiger partial charge is 0.496 e. The van der Waals surface area contributed by atoms with E-state index in [0.29, 0.717) is 29.8 Å². The molecule has 37 heavy (non-hydrogen) atoms. The first-order valence-electron chi connectivity index (χ1n) is 12.1. The van der Waals surface area contributed by atoms with Crippen LogP contribution < -0.4 is 9.47 Å². The number of ether oxygens (including phenoxy) is 3. The standard InChI is InChI=1S/C26H26F2N4O5/c1-34-21-8-19(7-6-18(21)9-31-12-26(13-31)14-35-15-26)36-20-10-32(11-20)25(33)24-30-29-23(37-24)17-4-2-16(3-5-17)22(27)28/h2-8,20,22H,9-15H2,1H3. The van der Waals surface area contributed by atoms with E-state index in [-0.39, 0.29) is 23.4 Å². The Morgan fingerprint density at radius 1 is 1.14 bits per heavy atom. The molecule has 0 N–H and O–H groups in total. The Morgan fingerprint density at radius 2 is 1.89 bits per heavy atom. The first kappa shape index (κ1) is 23.8. The minimum absolute atomic E-state index is 0.0964. The van der Waals surface area contributed by atoms with E-state index in [0.717, 1.165) is 44.2 Å². The number of amides is 1. The molecule has 3 fully saturated rings. The highest BCUT2D eigenvalue weighted by Gasteiger charge is 2.48. The van der Waals surface area contributed by atoms with E-state index in [4.69, 9.17) is 18.6 Å². The summed E-state index contributed by atoms with van der Waals surface area (Å²) >= 11 is 0. The summed E-state index contributed by atoms with van der Waals surface area (Å²) in [5, 5.41) is 7.70. The first-order valence-corrected chi connectivity index (χ1v) is 12.1. The van der Waals surface area contributed by atoms with Crippen molar-refractivity contribution < 1.29 is 32.2 Å². The summed E-state index contributed by atoms with van der Waals surface area (Å²) < 4.78 is 48.0. The van der Waals surface area contributed by atoms with Gasteiger partial charge in [-0.05, 0) is 18.2 Å². The molecule has 2 aromatic carbocycles. The van der Waals surface area contributed by atoms with Crippen LogP contribution in [-0.4, -0.2) is 78.5 Å². The molecule has 1 amide bonds. The van der Waals surface area contributed by atoms with Gasteiger partial charge in [-0.2, -0.15) is 0 Å². The highest BCUT2D eigenvalue weighted by molar-refractivity contribution is 5.90. The lowest BCUT2D eigenvalue weighted by molar-refractivity contribution is -0.191. The van der Waals surface area contributed by atoms with Crippen molar-refractivity contribution in [3.05, 3.63) is 59.5 Å². The summed E-state index contributed by atoms with van der Waals surface area (Å²) in [6.45, 7) is 5.39. The predicted octanol–water partition coefficient (Wildman–Crippen LogP) is 3.42. The quantitative estimate of drug-likeness (QED) is 0.454. The number of rotatable bonds is 8. The number of benzene rings is 2. The topological polar surface area (TPSA) is 90.2 Å². The number of nitrogens with zero attached hydrogens (tertiary/aromatic N) is 4. The molecule has 3 aliphatic rings. The average Bonchev–Trinajstić information content (AvgIpc) is 3.32. The van der Waals surface area contributed by atoms with Gasteiger partial charge in [-0.25, -0.2) is 8.78 Å². The maximum atomic E-state index is 12.7. The van der Waals surface area contributed by atoms with Crippen molar-refractivity contribution in [3.8, 4) is 23.0 Å². The molecule has 0 unspecified atom stereocenters. The Hall–Kier alpha value is -3.57. The molecule has 0 aliphatic carbocycles. The summed E-state index contributed by atoms with van der Waals surface area (Å²) in [6, 6.07) is 11.3. The third kappa shape index (κ3) is 4.64. The van der Waals surface area contributed by atoms with Gasteiger partial charge in [0.15, 0.2) is 0 Å². The maximum Gasteiger partial charge on any atom is 0.311 e. The molecule has 3 aliphatic heterocycles. The van der Waals surface area contributed by atoms with Crippen LogP contribution in [0.2, 0.25) is 0 Å². The Labute approximate surface area is 211 Å². The van der Waals surface area contributed by atoms with Crippen LogP contribution >= 0.6 is 0 Å². The summed E-state index contributed by atoms with van der Waals surface area (Å²) in [5.41, 5.74) is 1.83. The number of alkyl halides is 2. The molecule has 0 atom stereocenters. The van der Waals surface area contributed by atoms with Gasteiger partial charge in [-0.3, -0.25) is 9.69 Å². The first-order chi connectivity index (χ1) is 17.9. The summed E-state index contributed by atoms with van der Waals surface area (Å²) in [5.74, 6) is 0.991. The second-order valence-electron chi connectivity index (χ2n) is 9.90. The second-order valence-corrected chi connectivity index (χ2v) is 9.90. The number of halogens is 2. The zero-order valence-corrected chi connectivity index (χ0v) is 20.2. The van der Waals surface area contributed by atoms with Gasteiger partial charge in [-0.15, -0.1) is 10.2 Å². The van der Waals surface area contributed by atoms with Crippen LogP contribution in [0.15, 0.2) is 46.9 Å². The zero-order chi connectivity index (χ0) is 25.6. The van der Waals surface area contributed by atoms with Crippen molar-refractivity contribution in [2.24, 2.45) is 5.41 Å². The predicted molar refractivity (Wildman–Crippen MR) is 127 cm³/mol. The third-order valence-electron chi connectivity index (χ3n) is 7.04. The number of hydrogen-bond acceptors (Lipinski definition) is 8. The summed E-state index contributed by atoms with van der Waals surface area (Å²) in [4.78, 5) is 16.6. The molecule has 9 nitrogen and oxygen atoms in total. The second kappa shape index (κ2) is 9.38. The van der Waals surface area contributed by atoms with Crippen LogP contribution in [0.5, 0.6) is 11.5 Å². The van der Waals surface area contributed by atoms with E-state index < -0.39 is 12.3 Å². The maximum absolute atomic E-state index is 12.7. The number of hydrogen-bond donors (Lipinski definition) is 0. The van der Waals surface area contributed by atoms with Crippen LogP contribution in [-0.2, 0) is 11.3 Å². The van der Waals surface area contributed by atoms with Crippen molar-refractivity contribution in [1.82, 2.24) is 20.0 Å². The van der Waals surface area contributed by atoms with Crippen molar-refractivity contribution in [2.45, 2.75) is 19.1 Å². The molecule has 1 aromatic heterocycles. The van der Waals surface area contributed by atoms with E-state index in [1.807, 2.05) is 18.2 Å². The van der Waals surface area contributed by atoms with Gasteiger partial charge in [-0.1, -0.05) is 18.2 Å². The Morgan fingerprint density at radius 3 is 2.54 bits per heavy atom. The van der Waals surface area contributed by atoms with E-state index in [2.05, 4.69) is 15.1 Å². The normalized spacial score (nSPS) is 18.9. The number of aromatic nitrogens is 2. The highest BCUT2D eigenvalue weighted by Crippen LogP contribution is 2.39. The fraction of sp³-hybridized carbons (Fsp3) is 0.423. The minimum atomic E-state index is -2.56. The van der Waals surface area contributed by atoms with Crippen molar-refractivity contribution in [1.29, 1.82) is 0 Å². The third-order valence-corrected chi connectivity index (χ3v) is 7.04. The number of likely N-dealkylation sites (tertiary alicyclic amines) is 2. The summed E-state index contributed by atoms with van der Waals surface area (Å²) in [6.07, 6.45) is -2.73. The Bertz CT molecular complexity index is 1280. The lowest BCUT2D eigenvalue weighted by Gasteiger charge is -2.55. The van der Waals surface area contributed by atoms with Crippen molar-refractivity contribution in [2.75, 3.05) is 46.5 Å². The molecule has 4 heterocycles. The monoisotopic (exact) mass is 512 g/mol. The highest BCUT2D eigenvalue weighted by atomic mass is 19.3. The van der Waals surface area contributed by atoms with Crippen LogP contribution in [0.4, 0.5) is 8.78 Å². The number of carbonyl (C=O) groups excluding carboxylic acids is 1. The fourth-order valence-electron chi connectivity index (χ4n) is 4.96. The van der Waals surface area contributed by atoms with Gasteiger partial charge in [0.25, 0.3) is 6.43 Å². The van der Waals surface area contributed by atoms with Gasteiger partial charge >= 0.3 is 11.8 Å². The lowest BCUT2D eigenvalue weighted by Crippen LogP contribution is -2.65. The lowest BCUT2D eigenvalue weighted by atomic mass is 9.78. The zero-order valence-electron chi connectivity index (χ0n) is 20.2. The van der Waals surface area contributed by atoms with Crippen molar-refractivity contribution in [3.63, 3.8) is 0 Å². The molecule has 3 saturated heterocycles. The minimum Gasteiger partial charge on any atom is -0.496 e. The van der Waals surface area contributed by atoms with E-state index in [1.165, 1.54) is 24.3 Å². The average molecular weight is 513 g/mol. The van der Waals surface area contributed by atoms with E-state index >= 15 is 0 Å². The van der Waals surface area contributed by atoms with Crippen LogP contribution in [0.25, 0.3) is 11.5 Å². The van der Waals surface area contributed by atoms with Gasteiger partial charge in [0.2, 0.25) is 5.89 Å². The van der Waals surface area contributed by atoms with E-state index in [9.17, 15) is 13.6 Å². The van der Waals surface area contributed by atoms with Gasteiger partial charge in [0, 0.05) is 47.8 Å². The van der Waals surface area contributed by atoms with Crippen LogP contribution in [0.3, 0.4) is 0 Å². The molecular weight excluding hydrogens is 486 g/mol. The van der Waals surface area contributed by atoms with Gasteiger partial charge < -0.3 is 23.5 Å². The van der Waals surface area contributed by atoms with E-state index in [1.54, 1.807) is 12.0 Å². The molecular formula is C26H26F2N4O5. The Kier molecular flexibility index (Phi) is 6.04. The molecule has 11 heteroatoms. The Balaban J connectivity index is 1.01. The van der Waals surface area contributed by atoms with Crippen molar-refractivity contribution >= 4 is 5.91 Å². The molecule has 0 radical (unpaired) electrons. The smallest absolute Gasteiger partial charge is 0.311 e. The number of carbonyl (C=O) groups is 1. The molecule has 194 valence electrons. The van der Waals surface area contributed by atoms with Gasteiger partial charge in [0.1, 0.15) is 17.6 Å². The van der Waals surface area contributed by atoms with Crippen LogP contribution in [0.1, 0.15) is 28.2 Å². The molecule has 3 aromatic rings. The molecule has 0 bridgehead atoms. The molecule has 6 rings (SSSR count). The van der Waals surface area contributed by atoms with Gasteiger partial charge in [0.05, 0.1) is 33.4 Å². The number of methoxy groups -OCH3 is 1. The molecule has 0 saturated carbocycles. The fourth-order valence-corrected chi connectivity index (χ4v) is 4.96. The summed E-state index contributed by atoms with van der Waals surface area (Å²) in [7, 11) is 1.65. The van der Waals surface area contributed by atoms with Crippen LogP contribution in [0, 0.1) is 5.41 Å². The SMILES string of the molecule is COc1cc(OC2CN(C(=O)c3nnc(-c4ccc(C(F)F)cc4)o3)C2)ccc1CN1CC2(COC2)C1.